The zero-order valence-electron chi connectivity index (χ0n) is 10.8. The first kappa shape index (κ1) is 13.1. The number of halogens is 1. The van der Waals surface area contributed by atoms with Crippen LogP contribution < -0.4 is 5.32 Å². The number of benzene rings is 1. The zero-order valence-corrected chi connectivity index (χ0v) is 12.4. The SMILES string of the molecule is CCCn1cncc1CNc1ccc(Br)cc1C. The number of nitrogens with zero attached hydrogens (tertiary/aromatic N) is 2. The smallest absolute Gasteiger partial charge is 0.0948 e. The average molecular weight is 308 g/mol. The van der Waals surface area contributed by atoms with Gasteiger partial charge < -0.3 is 9.88 Å². The Morgan fingerprint density at radius 3 is 2.94 bits per heavy atom. The summed E-state index contributed by atoms with van der Waals surface area (Å²) in [4.78, 5) is 4.21. The summed E-state index contributed by atoms with van der Waals surface area (Å²) in [5.74, 6) is 0. The molecule has 0 atom stereocenters. The highest BCUT2D eigenvalue weighted by molar-refractivity contribution is 9.10. The second-order valence-electron chi connectivity index (χ2n) is 4.39. The van der Waals surface area contributed by atoms with Gasteiger partial charge in [-0.1, -0.05) is 22.9 Å². The average Bonchev–Trinajstić information content (AvgIpc) is 2.76. The lowest BCUT2D eigenvalue weighted by molar-refractivity contribution is 0.651. The molecule has 2 rings (SSSR count). The van der Waals surface area contributed by atoms with Crippen molar-refractivity contribution in [2.24, 2.45) is 0 Å². The molecule has 0 saturated carbocycles. The van der Waals surface area contributed by atoms with Crippen LogP contribution in [-0.2, 0) is 13.1 Å². The van der Waals surface area contributed by atoms with Crippen molar-refractivity contribution < 1.29 is 0 Å². The van der Waals surface area contributed by atoms with Crippen LogP contribution in [0.3, 0.4) is 0 Å². The lowest BCUT2D eigenvalue weighted by atomic mass is 10.2. The summed E-state index contributed by atoms with van der Waals surface area (Å²) in [5, 5.41) is 3.46. The van der Waals surface area contributed by atoms with Crippen LogP contribution in [0.2, 0.25) is 0 Å². The van der Waals surface area contributed by atoms with Crippen molar-refractivity contribution in [3.8, 4) is 0 Å². The van der Waals surface area contributed by atoms with E-state index in [-0.39, 0.29) is 0 Å². The number of aryl methyl sites for hydroxylation is 2. The number of rotatable bonds is 5. The molecule has 2 aromatic rings. The van der Waals surface area contributed by atoms with Gasteiger partial charge >= 0.3 is 0 Å². The minimum absolute atomic E-state index is 0.808. The van der Waals surface area contributed by atoms with Gasteiger partial charge in [0.05, 0.1) is 18.6 Å². The van der Waals surface area contributed by atoms with Crippen molar-refractivity contribution in [2.75, 3.05) is 5.32 Å². The topological polar surface area (TPSA) is 29.9 Å². The molecule has 0 aliphatic carbocycles. The van der Waals surface area contributed by atoms with E-state index in [9.17, 15) is 0 Å². The molecule has 0 spiro atoms. The molecule has 4 heteroatoms. The van der Waals surface area contributed by atoms with Gasteiger partial charge in [-0.15, -0.1) is 0 Å². The third kappa shape index (κ3) is 3.13. The highest BCUT2D eigenvalue weighted by atomic mass is 79.9. The molecule has 0 saturated heterocycles. The second-order valence-corrected chi connectivity index (χ2v) is 5.31. The Bertz CT molecular complexity index is 520. The lowest BCUT2D eigenvalue weighted by Crippen LogP contribution is -2.07. The minimum Gasteiger partial charge on any atom is -0.379 e. The van der Waals surface area contributed by atoms with Crippen LogP contribution in [0.5, 0.6) is 0 Å². The monoisotopic (exact) mass is 307 g/mol. The maximum absolute atomic E-state index is 4.21. The van der Waals surface area contributed by atoms with Crippen molar-refractivity contribution >= 4 is 21.6 Å². The van der Waals surface area contributed by atoms with Crippen LogP contribution in [0.15, 0.2) is 35.2 Å². The van der Waals surface area contributed by atoms with Crippen molar-refractivity contribution in [3.63, 3.8) is 0 Å². The Kier molecular flexibility index (Phi) is 4.42. The summed E-state index contributed by atoms with van der Waals surface area (Å²) in [5.41, 5.74) is 3.63. The van der Waals surface area contributed by atoms with Crippen molar-refractivity contribution in [2.45, 2.75) is 33.4 Å². The van der Waals surface area contributed by atoms with Gasteiger partial charge in [0.15, 0.2) is 0 Å². The van der Waals surface area contributed by atoms with E-state index >= 15 is 0 Å². The van der Waals surface area contributed by atoms with Gasteiger partial charge in [0.2, 0.25) is 0 Å². The molecule has 0 bridgehead atoms. The standard InChI is InChI=1S/C14H18BrN3/c1-3-6-18-10-16-8-13(18)9-17-14-5-4-12(15)7-11(14)2/h4-5,7-8,10,17H,3,6,9H2,1-2H3. The van der Waals surface area contributed by atoms with Gasteiger partial charge in [-0.2, -0.15) is 0 Å². The molecule has 1 aromatic carbocycles. The first-order chi connectivity index (χ1) is 8.70. The van der Waals surface area contributed by atoms with E-state index in [0.717, 1.165) is 24.0 Å². The van der Waals surface area contributed by atoms with E-state index < -0.39 is 0 Å². The van der Waals surface area contributed by atoms with E-state index in [1.54, 1.807) is 0 Å². The van der Waals surface area contributed by atoms with Crippen LogP contribution in [0.25, 0.3) is 0 Å². The third-order valence-electron chi connectivity index (χ3n) is 2.91. The summed E-state index contributed by atoms with van der Waals surface area (Å²) in [6, 6.07) is 6.27. The molecule has 96 valence electrons. The number of imidazole rings is 1. The Labute approximate surface area is 116 Å². The van der Waals surface area contributed by atoms with Crippen LogP contribution in [0, 0.1) is 6.92 Å². The number of aromatic nitrogens is 2. The predicted molar refractivity (Wildman–Crippen MR) is 78.7 cm³/mol. The summed E-state index contributed by atoms with van der Waals surface area (Å²) in [6.07, 6.45) is 4.95. The van der Waals surface area contributed by atoms with Crippen molar-refractivity contribution in [1.29, 1.82) is 0 Å². The molecule has 0 aliphatic heterocycles. The summed E-state index contributed by atoms with van der Waals surface area (Å²) in [7, 11) is 0. The number of anilines is 1. The van der Waals surface area contributed by atoms with Crippen molar-refractivity contribution in [3.05, 3.63) is 46.5 Å². The molecule has 0 aliphatic rings. The number of nitrogens with one attached hydrogen (secondary N) is 1. The maximum Gasteiger partial charge on any atom is 0.0948 e. The van der Waals surface area contributed by atoms with Crippen LogP contribution in [0.1, 0.15) is 24.6 Å². The molecule has 0 amide bonds. The Morgan fingerprint density at radius 1 is 1.39 bits per heavy atom. The highest BCUT2D eigenvalue weighted by Gasteiger charge is 2.03. The molecule has 0 fully saturated rings. The van der Waals surface area contributed by atoms with E-state index in [1.165, 1.54) is 16.9 Å². The number of hydrogen-bond acceptors (Lipinski definition) is 2. The summed E-state index contributed by atoms with van der Waals surface area (Å²) >= 11 is 3.48. The van der Waals surface area contributed by atoms with E-state index in [2.05, 4.69) is 62.8 Å². The Balaban J connectivity index is 2.04. The van der Waals surface area contributed by atoms with Gasteiger partial charge in [0, 0.05) is 22.9 Å². The molecule has 1 aromatic heterocycles. The van der Waals surface area contributed by atoms with Gasteiger partial charge in [0.25, 0.3) is 0 Å². The first-order valence-corrected chi connectivity index (χ1v) is 6.99. The van der Waals surface area contributed by atoms with Gasteiger partial charge in [-0.05, 0) is 37.1 Å². The Hall–Kier alpha value is -1.29. The molecule has 0 unspecified atom stereocenters. The molecule has 18 heavy (non-hydrogen) atoms. The Morgan fingerprint density at radius 2 is 2.22 bits per heavy atom. The largest absolute Gasteiger partial charge is 0.379 e. The molecule has 1 N–H and O–H groups in total. The normalized spacial score (nSPS) is 10.6. The molecule has 3 nitrogen and oxygen atoms in total. The third-order valence-corrected chi connectivity index (χ3v) is 3.40. The van der Waals surface area contributed by atoms with E-state index in [1.807, 2.05) is 12.5 Å². The van der Waals surface area contributed by atoms with Crippen LogP contribution in [-0.4, -0.2) is 9.55 Å². The minimum atomic E-state index is 0.808. The highest BCUT2D eigenvalue weighted by Crippen LogP contribution is 2.20. The molecule has 1 heterocycles. The maximum atomic E-state index is 4.21. The van der Waals surface area contributed by atoms with Crippen molar-refractivity contribution in [1.82, 2.24) is 9.55 Å². The number of hydrogen-bond donors (Lipinski definition) is 1. The van der Waals surface area contributed by atoms with Gasteiger partial charge in [-0.3, -0.25) is 0 Å². The summed E-state index contributed by atoms with van der Waals surface area (Å²) in [6.45, 7) is 6.12. The molecule has 0 radical (unpaired) electrons. The fourth-order valence-corrected chi connectivity index (χ4v) is 2.42. The fraction of sp³-hybridized carbons (Fsp3) is 0.357. The van der Waals surface area contributed by atoms with Crippen LogP contribution in [0.4, 0.5) is 5.69 Å². The lowest BCUT2D eigenvalue weighted by Gasteiger charge is -2.11. The van der Waals surface area contributed by atoms with Gasteiger partial charge in [-0.25, -0.2) is 4.98 Å². The molecular weight excluding hydrogens is 290 g/mol. The quantitative estimate of drug-likeness (QED) is 0.905. The molecular formula is C14H18BrN3. The second kappa shape index (κ2) is 6.05. The predicted octanol–water partition coefficient (Wildman–Crippen LogP) is 3.98. The van der Waals surface area contributed by atoms with E-state index in [4.69, 9.17) is 0 Å². The summed E-state index contributed by atoms with van der Waals surface area (Å²) < 4.78 is 3.31. The first-order valence-electron chi connectivity index (χ1n) is 6.19. The van der Waals surface area contributed by atoms with Crippen LogP contribution >= 0.6 is 15.9 Å². The van der Waals surface area contributed by atoms with Gasteiger partial charge in [0.1, 0.15) is 0 Å². The van der Waals surface area contributed by atoms with E-state index in [0.29, 0.717) is 0 Å². The zero-order chi connectivity index (χ0) is 13.0. The fourth-order valence-electron chi connectivity index (χ4n) is 1.95.